The van der Waals surface area contributed by atoms with Gasteiger partial charge in [0.2, 0.25) is 0 Å². The smallest absolute Gasteiger partial charge is 0.326 e. The van der Waals surface area contributed by atoms with Gasteiger partial charge in [0.15, 0.2) is 5.69 Å². The lowest BCUT2D eigenvalue weighted by molar-refractivity contribution is -0.391. The van der Waals surface area contributed by atoms with Crippen LogP contribution in [0.3, 0.4) is 0 Å². The van der Waals surface area contributed by atoms with Gasteiger partial charge in [-0.25, -0.2) is 9.36 Å². The molecule has 8 nitrogen and oxygen atoms in total. The molecule has 1 aromatic heterocycles. The Morgan fingerprint density at radius 2 is 2.05 bits per heavy atom. The van der Waals surface area contributed by atoms with Gasteiger partial charge in [-0.2, -0.15) is 0 Å². The topological polar surface area (TPSA) is 114 Å². The minimum absolute atomic E-state index is 0.0479. The molecule has 0 aliphatic rings. The Balaban J connectivity index is 2.89. The van der Waals surface area contributed by atoms with Crippen molar-refractivity contribution in [1.29, 1.82) is 0 Å². The van der Waals surface area contributed by atoms with Gasteiger partial charge in [-0.15, -0.1) is 0 Å². The van der Waals surface area contributed by atoms with Gasteiger partial charge in [-0.1, -0.05) is 13.8 Å². The van der Waals surface area contributed by atoms with Crippen molar-refractivity contribution in [3.63, 3.8) is 0 Å². The highest BCUT2D eigenvalue weighted by Crippen LogP contribution is 2.15. The average molecular weight is 283 g/mol. The molecule has 0 aliphatic carbocycles. The maximum atomic E-state index is 12.0. The van der Waals surface area contributed by atoms with Crippen LogP contribution in [0.5, 0.6) is 0 Å². The maximum absolute atomic E-state index is 12.0. The van der Waals surface area contributed by atoms with Crippen LogP contribution in [0.2, 0.25) is 0 Å². The van der Waals surface area contributed by atoms with Crippen LogP contribution in [0, 0.1) is 16.0 Å². The number of nitro groups is 1. The van der Waals surface area contributed by atoms with Crippen molar-refractivity contribution in [2.45, 2.75) is 26.3 Å². The number of aromatic nitrogens is 1. The average Bonchev–Trinajstić information content (AvgIpc) is 2.69. The Labute approximate surface area is 115 Å². The van der Waals surface area contributed by atoms with Gasteiger partial charge in [-0.3, -0.25) is 4.79 Å². The first-order valence-corrected chi connectivity index (χ1v) is 6.07. The minimum atomic E-state index is -1.13. The molecule has 1 atom stereocenters. The van der Waals surface area contributed by atoms with E-state index in [1.54, 1.807) is 0 Å². The summed E-state index contributed by atoms with van der Waals surface area (Å²) in [7, 11) is 1.38. The van der Waals surface area contributed by atoms with Gasteiger partial charge in [-0.05, 0) is 23.3 Å². The van der Waals surface area contributed by atoms with Crippen molar-refractivity contribution in [3.8, 4) is 0 Å². The van der Waals surface area contributed by atoms with Gasteiger partial charge < -0.3 is 20.5 Å². The highest BCUT2D eigenvalue weighted by Gasteiger charge is 2.26. The predicted molar refractivity (Wildman–Crippen MR) is 70.4 cm³/mol. The number of carbonyl (C=O) groups excluding carboxylic acids is 1. The molecule has 0 radical (unpaired) electrons. The molecule has 20 heavy (non-hydrogen) atoms. The van der Waals surface area contributed by atoms with Crippen LogP contribution in [-0.2, 0) is 11.8 Å². The molecule has 0 spiro atoms. The largest absolute Gasteiger partial charge is 0.480 e. The Morgan fingerprint density at radius 1 is 1.45 bits per heavy atom. The SMILES string of the molecule is CC(C)CC(NC(=O)c1ccc([N+](=O)[O-])n1C)C(=O)O. The van der Waals surface area contributed by atoms with Gasteiger partial charge in [0.05, 0.1) is 7.05 Å². The van der Waals surface area contributed by atoms with E-state index in [1.807, 2.05) is 13.8 Å². The van der Waals surface area contributed by atoms with Crippen LogP contribution in [-0.4, -0.2) is 32.5 Å². The summed E-state index contributed by atoms with van der Waals surface area (Å²) in [6, 6.07) is 1.48. The standard InChI is InChI=1S/C12H17N3O5/c1-7(2)6-8(12(17)18)13-11(16)9-4-5-10(14(9)3)15(19)20/h4-5,7-8H,6H2,1-3H3,(H,13,16)(H,17,18). The third kappa shape index (κ3) is 3.56. The predicted octanol–water partition coefficient (Wildman–Crippen LogP) is 1.16. The molecule has 0 saturated carbocycles. The third-order valence-electron chi connectivity index (χ3n) is 2.83. The van der Waals surface area contributed by atoms with Crippen molar-refractivity contribution < 1.29 is 19.6 Å². The summed E-state index contributed by atoms with van der Waals surface area (Å²) >= 11 is 0. The Bertz CT molecular complexity index is 535. The summed E-state index contributed by atoms with van der Waals surface area (Å²) in [6.07, 6.45) is 0.285. The maximum Gasteiger partial charge on any atom is 0.326 e. The third-order valence-corrected chi connectivity index (χ3v) is 2.83. The molecular weight excluding hydrogens is 266 g/mol. The second-order valence-corrected chi connectivity index (χ2v) is 4.89. The van der Waals surface area contributed by atoms with E-state index in [4.69, 9.17) is 5.11 Å². The van der Waals surface area contributed by atoms with Crippen LogP contribution in [0.25, 0.3) is 0 Å². The van der Waals surface area contributed by atoms with Gasteiger partial charge in [0, 0.05) is 6.07 Å². The van der Waals surface area contributed by atoms with E-state index >= 15 is 0 Å². The minimum Gasteiger partial charge on any atom is -0.480 e. The molecule has 0 saturated heterocycles. The van der Waals surface area contributed by atoms with E-state index < -0.39 is 22.8 Å². The number of carbonyl (C=O) groups is 2. The molecule has 1 amide bonds. The highest BCUT2D eigenvalue weighted by atomic mass is 16.6. The summed E-state index contributed by atoms with van der Waals surface area (Å²) in [5.74, 6) is -1.91. The van der Waals surface area contributed by atoms with Crippen LogP contribution in [0.4, 0.5) is 5.82 Å². The van der Waals surface area contributed by atoms with Crippen molar-refractivity contribution in [2.24, 2.45) is 13.0 Å². The summed E-state index contributed by atoms with van der Waals surface area (Å²) in [4.78, 5) is 33.1. The van der Waals surface area contributed by atoms with Crippen molar-refractivity contribution in [3.05, 3.63) is 27.9 Å². The number of aliphatic carboxylic acids is 1. The summed E-state index contributed by atoms with van der Waals surface area (Å²) in [6.45, 7) is 3.69. The second kappa shape index (κ2) is 6.18. The molecule has 2 N–H and O–H groups in total. The lowest BCUT2D eigenvalue weighted by Crippen LogP contribution is -2.42. The first kappa shape index (κ1) is 15.7. The molecule has 0 aliphatic heterocycles. The number of hydrogen-bond donors (Lipinski definition) is 2. The van der Waals surface area contributed by atoms with Crippen molar-refractivity contribution in [1.82, 2.24) is 9.88 Å². The van der Waals surface area contributed by atoms with E-state index in [0.717, 1.165) is 4.57 Å². The molecule has 0 bridgehead atoms. The zero-order chi connectivity index (χ0) is 15.4. The molecule has 1 unspecified atom stereocenters. The Hall–Kier alpha value is -2.38. The number of carboxylic acids is 1. The fourth-order valence-electron chi connectivity index (χ4n) is 1.84. The van der Waals surface area contributed by atoms with E-state index in [0.29, 0.717) is 0 Å². The number of nitrogens with zero attached hydrogens (tertiary/aromatic N) is 2. The molecular formula is C12H17N3O5. The highest BCUT2D eigenvalue weighted by molar-refractivity contribution is 5.95. The van der Waals surface area contributed by atoms with Gasteiger partial charge in [0.1, 0.15) is 6.04 Å². The Kier molecular flexibility index (Phi) is 4.84. The fraction of sp³-hybridized carbons (Fsp3) is 0.500. The summed E-state index contributed by atoms with van der Waals surface area (Å²) in [5.41, 5.74) is 0.0479. The quantitative estimate of drug-likeness (QED) is 0.600. The molecule has 110 valence electrons. The number of carboxylic acid groups (broad SMARTS) is 1. The van der Waals surface area contributed by atoms with Gasteiger partial charge >= 0.3 is 11.8 Å². The Morgan fingerprint density at radius 3 is 2.45 bits per heavy atom. The lowest BCUT2D eigenvalue weighted by atomic mass is 10.0. The summed E-state index contributed by atoms with van der Waals surface area (Å²) < 4.78 is 1.11. The molecule has 1 rings (SSSR count). The van der Waals surface area contributed by atoms with Crippen LogP contribution in [0.1, 0.15) is 30.8 Å². The summed E-state index contributed by atoms with van der Waals surface area (Å²) in [5, 5.41) is 22.1. The van der Waals surface area contributed by atoms with Crippen molar-refractivity contribution >= 4 is 17.7 Å². The number of rotatable bonds is 6. The first-order valence-electron chi connectivity index (χ1n) is 6.07. The fourth-order valence-corrected chi connectivity index (χ4v) is 1.84. The van der Waals surface area contributed by atoms with E-state index in [9.17, 15) is 19.7 Å². The van der Waals surface area contributed by atoms with Crippen LogP contribution in [0.15, 0.2) is 12.1 Å². The lowest BCUT2D eigenvalue weighted by Gasteiger charge is -2.15. The number of nitrogens with one attached hydrogen (secondary N) is 1. The zero-order valence-electron chi connectivity index (χ0n) is 11.5. The van der Waals surface area contributed by atoms with Crippen LogP contribution >= 0.6 is 0 Å². The van der Waals surface area contributed by atoms with Crippen LogP contribution < -0.4 is 5.32 Å². The first-order chi connectivity index (χ1) is 9.23. The molecule has 1 aromatic rings. The molecule has 0 fully saturated rings. The van der Waals surface area contributed by atoms with Crippen molar-refractivity contribution in [2.75, 3.05) is 0 Å². The molecule has 0 aromatic carbocycles. The molecule has 1 heterocycles. The number of hydrogen-bond acceptors (Lipinski definition) is 4. The van der Waals surface area contributed by atoms with E-state index in [-0.39, 0.29) is 23.9 Å². The second-order valence-electron chi connectivity index (χ2n) is 4.89. The zero-order valence-corrected chi connectivity index (χ0v) is 11.5. The number of amides is 1. The normalized spacial score (nSPS) is 12.2. The van der Waals surface area contributed by atoms with E-state index in [1.165, 1.54) is 19.2 Å². The van der Waals surface area contributed by atoms with Gasteiger partial charge in [0.25, 0.3) is 5.91 Å². The molecule has 8 heteroatoms. The monoisotopic (exact) mass is 283 g/mol. The van der Waals surface area contributed by atoms with E-state index in [2.05, 4.69) is 5.32 Å².